The van der Waals surface area contributed by atoms with Gasteiger partial charge in [-0.15, -0.1) is 0 Å². The van der Waals surface area contributed by atoms with Crippen LogP contribution in [-0.4, -0.2) is 16.9 Å². The van der Waals surface area contributed by atoms with Crippen LogP contribution < -0.4 is 11.1 Å². The Hall–Kier alpha value is -2.88. The normalized spacial score (nSPS) is 18.9. The van der Waals surface area contributed by atoms with Crippen LogP contribution in [0, 0.1) is 18.3 Å². The van der Waals surface area contributed by atoms with Crippen molar-refractivity contribution in [2.45, 2.75) is 65.8 Å². The molecule has 1 aliphatic carbocycles. The molecule has 0 bridgehead atoms. The zero-order valence-electron chi connectivity index (χ0n) is 19.7. The molecule has 0 saturated heterocycles. The number of nitrogens with one attached hydrogen (secondary N) is 1. The zero-order chi connectivity index (χ0) is 22.9. The largest absolute Gasteiger partial charge is 0.383 e. The maximum atomic E-state index is 12.9. The number of pyridine rings is 1. The van der Waals surface area contributed by atoms with E-state index in [-0.39, 0.29) is 17.9 Å². The topological polar surface area (TPSA) is 68.0 Å². The number of benzene rings is 2. The van der Waals surface area contributed by atoms with E-state index >= 15 is 0 Å². The van der Waals surface area contributed by atoms with Gasteiger partial charge in [-0.2, -0.15) is 0 Å². The highest BCUT2D eigenvalue weighted by Crippen LogP contribution is 2.35. The van der Waals surface area contributed by atoms with E-state index in [1.807, 2.05) is 13.0 Å². The molecule has 4 nitrogen and oxygen atoms in total. The van der Waals surface area contributed by atoms with Crippen LogP contribution in [0.2, 0.25) is 0 Å². The van der Waals surface area contributed by atoms with E-state index in [0.29, 0.717) is 17.7 Å². The van der Waals surface area contributed by atoms with Crippen molar-refractivity contribution < 1.29 is 4.79 Å². The lowest BCUT2D eigenvalue weighted by molar-refractivity contribution is -0.125. The fourth-order valence-corrected chi connectivity index (χ4v) is 5.05. The highest BCUT2D eigenvalue weighted by atomic mass is 16.1. The lowest BCUT2D eigenvalue weighted by Crippen LogP contribution is -2.43. The Morgan fingerprint density at radius 3 is 2.75 bits per heavy atom. The minimum Gasteiger partial charge on any atom is -0.383 e. The van der Waals surface area contributed by atoms with Crippen LogP contribution >= 0.6 is 0 Å². The molecule has 4 rings (SSSR count). The van der Waals surface area contributed by atoms with Crippen molar-refractivity contribution in [2.24, 2.45) is 11.3 Å². The molecule has 168 valence electrons. The Labute approximate surface area is 191 Å². The molecule has 1 amide bonds. The highest BCUT2D eigenvalue weighted by molar-refractivity contribution is 5.87. The molecule has 4 heteroatoms. The number of rotatable bonds is 5. The summed E-state index contributed by atoms with van der Waals surface area (Å²) in [6.07, 6.45) is 5.12. The fraction of sp³-hybridized carbons (Fsp3) is 0.429. The van der Waals surface area contributed by atoms with Crippen molar-refractivity contribution in [3.63, 3.8) is 0 Å². The number of hydrogen-bond donors (Lipinski definition) is 2. The molecule has 32 heavy (non-hydrogen) atoms. The van der Waals surface area contributed by atoms with E-state index in [9.17, 15) is 4.79 Å². The molecular formula is C28H35N3O. The van der Waals surface area contributed by atoms with Crippen LogP contribution in [0.5, 0.6) is 0 Å². The van der Waals surface area contributed by atoms with E-state index < -0.39 is 0 Å². The Morgan fingerprint density at radius 2 is 2.00 bits per heavy atom. The summed E-state index contributed by atoms with van der Waals surface area (Å²) >= 11 is 0. The summed E-state index contributed by atoms with van der Waals surface area (Å²) in [7, 11) is 0. The molecule has 1 fully saturated rings. The molecule has 1 unspecified atom stereocenters. The second-order valence-electron chi connectivity index (χ2n) is 10.3. The second kappa shape index (κ2) is 8.93. The van der Waals surface area contributed by atoms with Gasteiger partial charge in [-0.25, -0.2) is 4.98 Å². The van der Waals surface area contributed by atoms with Crippen LogP contribution in [0.4, 0.5) is 5.82 Å². The van der Waals surface area contributed by atoms with Crippen molar-refractivity contribution >= 4 is 22.6 Å². The third-order valence-corrected chi connectivity index (χ3v) is 6.91. The number of aromatic nitrogens is 1. The van der Waals surface area contributed by atoms with Gasteiger partial charge >= 0.3 is 0 Å². The van der Waals surface area contributed by atoms with Crippen LogP contribution in [0.15, 0.2) is 48.5 Å². The fourth-order valence-electron chi connectivity index (χ4n) is 5.05. The van der Waals surface area contributed by atoms with Gasteiger partial charge in [0.15, 0.2) is 0 Å². The van der Waals surface area contributed by atoms with Crippen molar-refractivity contribution in [3.05, 3.63) is 59.7 Å². The summed E-state index contributed by atoms with van der Waals surface area (Å²) in [5.41, 5.74) is 12.0. The van der Waals surface area contributed by atoms with E-state index in [1.165, 1.54) is 29.5 Å². The molecule has 3 N–H and O–H groups in total. The minimum atomic E-state index is -0.152. The van der Waals surface area contributed by atoms with Crippen LogP contribution in [0.25, 0.3) is 22.0 Å². The number of nitrogens with zero attached hydrogens (tertiary/aromatic N) is 1. The SMILES string of the molecule is Cc1ccccc1-c1ccc2nc(N)c(C[C@@H](C)C(=O)NC3CCCC(C)(C)C3)cc2c1. The van der Waals surface area contributed by atoms with E-state index in [4.69, 9.17) is 5.73 Å². The van der Waals surface area contributed by atoms with Crippen LogP contribution in [-0.2, 0) is 11.2 Å². The first kappa shape index (κ1) is 22.3. The molecule has 3 aromatic rings. The predicted octanol–water partition coefficient (Wildman–Crippen LogP) is 6.06. The van der Waals surface area contributed by atoms with Crippen molar-refractivity contribution in [1.82, 2.24) is 10.3 Å². The predicted molar refractivity (Wildman–Crippen MR) is 133 cm³/mol. The number of aryl methyl sites for hydroxylation is 1. The number of hydrogen-bond acceptors (Lipinski definition) is 3. The molecule has 0 aliphatic heterocycles. The first-order valence-electron chi connectivity index (χ1n) is 11.8. The van der Waals surface area contributed by atoms with Gasteiger partial charge in [-0.3, -0.25) is 4.79 Å². The number of nitrogen functional groups attached to an aromatic ring is 1. The average molecular weight is 430 g/mol. The van der Waals surface area contributed by atoms with Crippen LogP contribution in [0.1, 0.15) is 57.6 Å². The molecular weight excluding hydrogens is 394 g/mol. The van der Waals surface area contributed by atoms with Gasteiger partial charge in [0.05, 0.1) is 5.52 Å². The summed E-state index contributed by atoms with van der Waals surface area (Å²) < 4.78 is 0. The zero-order valence-corrected chi connectivity index (χ0v) is 19.7. The highest BCUT2D eigenvalue weighted by Gasteiger charge is 2.29. The van der Waals surface area contributed by atoms with Crippen LogP contribution in [0.3, 0.4) is 0 Å². The van der Waals surface area contributed by atoms with Crippen molar-refractivity contribution in [3.8, 4) is 11.1 Å². The van der Waals surface area contributed by atoms with Gasteiger partial charge in [0.2, 0.25) is 5.91 Å². The summed E-state index contributed by atoms with van der Waals surface area (Å²) in [6.45, 7) is 8.69. The Kier molecular flexibility index (Phi) is 6.23. The Morgan fingerprint density at radius 1 is 1.22 bits per heavy atom. The molecule has 2 aromatic carbocycles. The van der Waals surface area contributed by atoms with E-state index in [1.54, 1.807) is 0 Å². The van der Waals surface area contributed by atoms with Crippen molar-refractivity contribution in [1.29, 1.82) is 0 Å². The quantitative estimate of drug-likeness (QED) is 0.518. The second-order valence-corrected chi connectivity index (χ2v) is 10.3. The molecule has 0 radical (unpaired) electrons. The number of anilines is 1. The number of carbonyl (C=O) groups excluding carboxylic acids is 1. The molecule has 1 aliphatic rings. The summed E-state index contributed by atoms with van der Waals surface area (Å²) in [4.78, 5) is 17.5. The third-order valence-electron chi connectivity index (χ3n) is 6.91. The monoisotopic (exact) mass is 429 g/mol. The number of carbonyl (C=O) groups is 1. The van der Waals surface area contributed by atoms with E-state index in [2.05, 4.69) is 73.5 Å². The van der Waals surface area contributed by atoms with Gasteiger partial charge in [-0.05, 0) is 78.5 Å². The number of fused-ring (bicyclic) bond motifs is 1. The lowest BCUT2D eigenvalue weighted by atomic mass is 9.75. The minimum absolute atomic E-state index is 0.112. The van der Waals surface area contributed by atoms with Crippen molar-refractivity contribution in [2.75, 3.05) is 5.73 Å². The molecule has 2 atom stereocenters. The molecule has 1 saturated carbocycles. The summed E-state index contributed by atoms with van der Waals surface area (Å²) in [6, 6.07) is 17.1. The molecule has 1 aromatic heterocycles. The molecule has 0 spiro atoms. The number of nitrogens with two attached hydrogens (primary N) is 1. The molecule has 1 heterocycles. The maximum Gasteiger partial charge on any atom is 0.223 e. The maximum absolute atomic E-state index is 12.9. The lowest BCUT2D eigenvalue weighted by Gasteiger charge is -2.36. The van der Waals surface area contributed by atoms with Gasteiger partial charge in [0, 0.05) is 17.3 Å². The first-order chi connectivity index (χ1) is 15.2. The van der Waals surface area contributed by atoms with Gasteiger partial charge in [-0.1, -0.05) is 57.5 Å². The third kappa shape index (κ3) is 4.95. The smallest absolute Gasteiger partial charge is 0.223 e. The number of amides is 1. The Bertz CT molecular complexity index is 1130. The van der Waals surface area contributed by atoms with E-state index in [0.717, 1.165) is 29.3 Å². The summed E-state index contributed by atoms with van der Waals surface area (Å²) in [5, 5.41) is 4.34. The average Bonchev–Trinajstić information content (AvgIpc) is 2.73. The standard InChI is InChI=1S/C28H35N3O/c1-18-8-5-6-10-24(18)20-11-12-25-21(15-20)16-22(26(29)31-25)14-19(2)27(32)30-23-9-7-13-28(3,4)17-23/h5-6,8,10-12,15-16,19,23H,7,9,13-14,17H2,1-4H3,(H2,29,31)(H,30,32)/t19-,23?/m1/s1. The first-order valence-corrected chi connectivity index (χ1v) is 11.8. The van der Waals surface area contributed by atoms with Gasteiger partial charge < -0.3 is 11.1 Å². The Balaban J connectivity index is 1.52. The van der Waals surface area contributed by atoms with Gasteiger partial charge in [0.1, 0.15) is 5.82 Å². The van der Waals surface area contributed by atoms with Gasteiger partial charge in [0.25, 0.3) is 0 Å². The summed E-state index contributed by atoms with van der Waals surface area (Å²) in [5.74, 6) is 0.474.